The van der Waals surface area contributed by atoms with Crippen LogP contribution in [0.1, 0.15) is 12.0 Å². The average molecular weight is 551 g/mol. The highest BCUT2D eigenvalue weighted by molar-refractivity contribution is 6.33. The van der Waals surface area contributed by atoms with Crippen LogP contribution in [-0.2, 0) is 6.18 Å². The fourth-order valence-corrected chi connectivity index (χ4v) is 4.65. The zero-order chi connectivity index (χ0) is 27.0. The van der Waals surface area contributed by atoms with E-state index in [0.29, 0.717) is 30.9 Å². The second kappa shape index (κ2) is 10.2. The lowest BCUT2D eigenvalue weighted by molar-refractivity contribution is -0.137. The molecule has 10 nitrogen and oxygen atoms in total. The smallest absolute Gasteiger partial charge is 0.417 e. The number of amides is 2. The number of nitrogens with zero attached hydrogens (tertiary/aromatic N) is 5. The van der Waals surface area contributed by atoms with Gasteiger partial charge in [0, 0.05) is 49.0 Å². The number of anilines is 3. The van der Waals surface area contributed by atoms with E-state index in [9.17, 15) is 23.1 Å². The Morgan fingerprint density at radius 2 is 2.11 bits per heavy atom. The fraction of sp³-hybridized carbons (Fsp3) is 0.333. The third-order valence-electron chi connectivity index (χ3n) is 6.21. The number of rotatable bonds is 6. The largest absolute Gasteiger partial charge is 0.475 e. The minimum atomic E-state index is -4.59. The van der Waals surface area contributed by atoms with E-state index in [4.69, 9.17) is 21.4 Å². The van der Waals surface area contributed by atoms with Gasteiger partial charge in [0.05, 0.1) is 34.6 Å². The van der Waals surface area contributed by atoms with Crippen molar-refractivity contribution in [3.8, 4) is 17.1 Å². The van der Waals surface area contributed by atoms with Crippen LogP contribution in [0.4, 0.5) is 35.2 Å². The average Bonchev–Trinajstić information content (AvgIpc) is 3.31. The summed E-state index contributed by atoms with van der Waals surface area (Å²) in [5.74, 6) is 0.398. The molecule has 0 unspecified atom stereocenters. The second-order valence-corrected chi connectivity index (χ2v) is 9.25. The van der Waals surface area contributed by atoms with E-state index in [0.717, 1.165) is 12.3 Å². The van der Waals surface area contributed by atoms with Crippen LogP contribution in [0.25, 0.3) is 11.3 Å². The molecule has 1 saturated heterocycles. The van der Waals surface area contributed by atoms with Crippen molar-refractivity contribution < 1.29 is 32.9 Å². The first-order valence-corrected chi connectivity index (χ1v) is 12.0. The van der Waals surface area contributed by atoms with E-state index < -0.39 is 30.5 Å². The molecule has 5 heterocycles. The van der Waals surface area contributed by atoms with Crippen LogP contribution >= 0.6 is 11.6 Å². The Hall–Kier alpha value is -3.68. The Bertz CT molecular complexity index is 1360. The molecule has 200 valence electrons. The molecule has 3 aromatic rings. The molecule has 0 aromatic carbocycles. The van der Waals surface area contributed by atoms with Crippen molar-refractivity contribution in [2.45, 2.75) is 24.7 Å². The summed E-state index contributed by atoms with van der Waals surface area (Å²) >= 11 is 6.46. The first kappa shape index (κ1) is 25.9. The van der Waals surface area contributed by atoms with Crippen LogP contribution in [0.15, 0.2) is 42.9 Å². The number of ether oxygens (including phenoxy) is 1. The number of carbonyl (C=O) groups is 1. The first-order chi connectivity index (χ1) is 18.1. The Morgan fingerprint density at radius 1 is 1.29 bits per heavy atom. The van der Waals surface area contributed by atoms with Gasteiger partial charge in [-0.15, -0.1) is 0 Å². The predicted octanol–water partition coefficient (Wildman–Crippen LogP) is 3.57. The van der Waals surface area contributed by atoms with Crippen molar-refractivity contribution >= 4 is 34.8 Å². The maximum absolute atomic E-state index is 13.5. The van der Waals surface area contributed by atoms with Gasteiger partial charge in [0.25, 0.3) is 0 Å². The van der Waals surface area contributed by atoms with E-state index in [2.05, 4.69) is 20.3 Å². The molecule has 0 spiro atoms. The number of alkyl halides is 3. The fourth-order valence-electron chi connectivity index (χ4n) is 4.40. The van der Waals surface area contributed by atoms with Crippen LogP contribution < -0.4 is 19.9 Å². The number of hydrogen-bond donors (Lipinski definition) is 3. The Kier molecular flexibility index (Phi) is 6.99. The summed E-state index contributed by atoms with van der Waals surface area (Å²) in [6, 6.07) is 4.81. The lowest BCUT2D eigenvalue weighted by atomic mass is 10.1. The van der Waals surface area contributed by atoms with Gasteiger partial charge in [-0.3, -0.25) is 9.88 Å². The Morgan fingerprint density at radius 3 is 2.87 bits per heavy atom. The number of aromatic nitrogens is 3. The molecule has 38 heavy (non-hydrogen) atoms. The standard InChI is InChI=1S/C24H22ClF3N6O4/c25-18-7-19-22(32-21(18)13-5-14(9-29-8-13)24(26,27)28)34(16-2-4-33(19)10-16)23(37)31-15-1-3-30-20(6-15)38-12-17(36)11-35/h1,3,5-9,16-17,35-36H,2,4,10-12H2,(H,30,31,37)/t16-,17-/m0/s1. The van der Waals surface area contributed by atoms with Crippen molar-refractivity contribution in [3.63, 3.8) is 0 Å². The van der Waals surface area contributed by atoms with E-state index >= 15 is 0 Å². The van der Waals surface area contributed by atoms with E-state index in [1.807, 2.05) is 4.90 Å². The third-order valence-corrected chi connectivity index (χ3v) is 6.50. The SMILES string of the molecule is O=C(Nc1ccnc(OC[C@@H](O)CO)c1)N1c2nc(-c3cncc(C(F)(F)F)c3)c(Cl)cc2N2CC[C@H]1C2. The topological polar surface area (TPSA) is 124 Å². The molecule has 1 fully saturated rings. The molecular formula is C24H22ClF3N6O4. The lowest BCUT2D eigenvalue weighted by Crippen LogP contribution is -2.48. The second-order valence-electron chi connectivity index (χ2n) is 8.84. The molecule has 2 aliphatic rings. The summed E-state index contributed by atoms with van der Waals surface area (Å²) in [5, 5.41) is 21.3. The van der Waals surface area contributed by atoms with Gasteiger partial charge in [0.2, 0.25) is 5.88 Å². The van der Waals surface area contributed by atoms with Gasteiger partial charge in [0.15, 0.2) is 5.82 Å². The molecule has 0 radical (unpaired) electrons. The summed E-state index contributed by atoms with van der Waals surface area (Å²) in [7, 11) is 0. The summed E-state index contributed by atoms with van der Waals surface area (Å²) in [6.07, 6.45) is -1.64. The highest BCUT2D eigenvalue weighted by atomic mass is 35.5. The maximum atomic E-state index is 13.5. The summed E-state index contributed by atoms with van der Waals surface area (Å²) in [5.41, 5.74) is 0.163. The van der Waals surface area contributed by atoms with E-state index in [1.54, 1.807) is 12.1 Å². The van der Waals surface area contributed by atoms with Crippen LogP contribution in [0.3, 0.4) is 0 Å². The van der Waals surface area contributed by atoms with Gasteiger partial charge in [0.1, 0.15) is 12.7 Å². The number of aliphatic hydroxyl groups excluding tert-OH is 2. The summed E-state index contributed by atoms with van der Waals surface area (Å²) in [4.78, 5) is 29.3. The summed E-state index contributed by atoms with van der Waals surface area (Å²) in [6.45, 7) is 0.548. The van der Waals surface area contributed by atoms with Crippen molar-refractivity contribution in [3.05, 3.63) is 53.4 Å². The molecule has 2 bridgehead atoms. The molecule has 5 rings (SSSR count). The van der Waals surface area contributed by atoms with Gasteiger partial charge >= 0.3 is 12.2 Å². The Labute approximate surface area is 219 Å². The van der Waals surface area contributed by atoms with Crippen LogP contribution in [0, 0.1) is 0 Å². The molecule has 0 saturated carbocycles. The van der Waals surface area contributed by atoms with Gasteiger partial charge in [-0.05, 0) is 24.6 Å². The molecule has 14 heteroatoms. The minimum absolute atomic E-state index is 0.0712. The number of urea groups is 1. The number of fused-ring (bicyclic) bond motifs is 4. The number of halogens is 4. The van der Waals surface area contributed by atoms with Gasteiger partial charge < -0.3 is 25.2 Å². The highest BCUT2D eigenvalue weighted by Crippen LogP contribution is 2.43. The normalized spacial score (nSPS) is 17.3. The quantitative estimate of drug-likeness (QED) is 0.425. The van der Waals surface area contributed by atoms with Crippen molar-refractivity contribution in [2.24, 2.45) is 0 Å². The van der Waals surface area contributed by atoms with E-state index in [-0.39, 0.29) is 40.6 Å². The van der Waals surface area contributed by atoms with Crippen molar-refractivity contribution in [1.29, 1.82) is 0 Å². The summed E-state index contributed by atoms with van der Waals surface area (Å²) < 4.78 is 45.2. The van der Waals surface area contributed by atoms with E-state index in [1.165, 1.54) is 23.4 Å². The van der Waals surface area contributed by atoms with Gasteiger partial charge in [-0.25, -0.2) is 14.8 Å². The minimum Gasteiger partial charge on any atom is -0.475 e. The van der Waals surface area contributed by atoms with Crippen LogP contribution in [0.5, 0.6) is 5.88 Å². The molecule has 0 aliphatic carbocycles. The molecule has 2 atom stereocenters. The maximum Gasteiger partial charge on any atom is 0.417 e. The predicted molar refractivity (Wildman–Crippen MR) is 132 cm³/mol. The van der Waals surface area contributed by atoms with Crippen molar-refractivity contribution in [1.82, 2.24) is 15.0 Å². The lowest BCUT2D eigenvalue weighted by Gasteiger charge is -2.36. The van der Waals surface area contributed by atoms with Crippen LogP contribution in [-0.4, -0.2) is 69.6 Å². The van der Waals surface area contributed by atoms with Gasteiger partial charge in [-0.1, -0.05) is 11.6 Å². The number of carbonyl (C=O) groups excluding carboxylic acids is 1. The number of nitrogens with one attached hydrogen (secondary N) is 1. The molecular weight excluding hydrogens is 529 g/mol. The number of pyridine rings is 3. The van der Waals surface area contributed by atoms with Gasteiger partial charge in [-0.2, -0.15) is 13.2 Å². The first-order valence-electron chi connectivity index (χ1n) is 11.6. The zero-order valence-electron chi connectivity index (χ0n) is 19.7. The van der Waals surface area contributed by atoms with Crippen molar-refractivity contribution in [2.75, 3.05) is 41.4 Å². The number of hydrogen-bond acceptors (Lipinski definition) is 8. The molecule has 2 aliphatic heterocycles. The Balaban J connectivity index is 1.46. The zero-order valence-corrected chi connectivity index (χ0v) is 20.4. The molecule has 3 aromatic heterocycles. The number of aliphatic hydroxyl groups is 2. The third kappa shape index (κ3) is 5.17. The highest BCUT2D eigenvalue weighted by Gasteiger charge is 2.41. The monoisotopic (exact) mass is 550 g/mol. The van der Waals surface area contributed by atoms with Crippen LogP contribution in [0.2, 0.25) is 5.02 Å². The molecule has 3 N–H and O–H groups in total. The molecule has 2 amide bonds.